The molecule has 0 fully saturated rings. The van der Waals surface area contributed by atoms with Gasteiger partial charge in [-0.2, -0.15) is 0 Å². The van der Waals surface area contributed by atoms with Gasteiger partial charge in [0.15, 0.2) is 0 Å². The van der Waals surface area contributed by atoms with Gasteiger partial charge in [-0.1, -0.05) is 23.7 Å². The minimum absolute atomic E-state index is 0.759. The Kier molecular flexibility index (Phi) is 4.88. The van der Waals surface area contributed by atoms with Crippen LogP contribution in [0.15, 0.2) is 42.5 Å². The lowest BCUT2D eigenvalue weighted by molar-refractivity contribution is 0.319. The lowest BCUT2D eigenvalue weighted by Gasteiger charge is -2.18. The molecule has 0 spiro atoms. The van der Waals surface area contributed by atoms with Crippen LogP contribution >= 0.6 is 11.6 Å². The van der Waals surface area contributed by atoms with E-state index in [1.807, 2.05) is 36.4 Å². The molecule has 0 saturated carbocycles. The summed E-state index contributed by atoms with van der Waals surface area (Å²) in [6.45, 7) is 1.58. The zero-order valence-corrected chi connectivity index (χ0v) is 12.5. The van der Waals surface area contributed by atoms with Gasteiger partial charge in [0.05, 0.1) is 7.11 Å². The first-order valence-corrected chi connectivity index (χ1v) is 6.81. The maximum Gasteiger partial charge on any atom is 0.119 e. The van der Waals surface area contributed by atoms with Gasteiger partial charge in [0.1, 0.15) is 5.75 Å². The predicted molar refractivity (Wildman–Crippen MR) is 84.0 cm³/mol. The molecule has 0 bridgehead atoms. The summed E-state index contributed by atoms with van der Waals surface area (Å²) in [6.07, 6.45) is 0. The van der Waals surface area contributed by atoms with Crippen LogP contribution in [0.3, 0.4) is 0 Å². The van der Waals surface area contributed by atoms with Crippen LogP contribution in [0.2, 0.25) is 5.02 Å². The number of benzene rings is 2. The fourth-order valence-electron chi connectivity index (χ4n) is 2.14. The average Bonchev–Trinajstić information content (AvgIpc) is 2.41. The molecule has 0 aromatic heterocycles. The van der Waals surface area contributed by atoms with Gasteiger partial charge in [-0.25, -0.2) is 0 Å². The molecule has 0 aliphatic carbocycles. The molecule has 3 nitrogen and oxygen atoms in total. The Hall–Kier alpha value is -1.71. The average molecular weight is 291 g/mol. The molecular weight excluding hydrogens is 272 g/mol. The fourth-order valence-corrected chi connectivity index (χ4v) is 2.35. The van der Waals surface area contributed by atoms with Gasteiger partial charge in [-0.3, -0.25) is 4.90 Å². The number of nitrogens with zero attached hydrogens (tertiary/aromatic N) is 1. The van der Waals surface area contributed by atoms with Gasteiger partial charge < -0.3 is 10.5 Å². The van der Waals surface area contributed by atoms with E-state index in [1.165, 1.54) is 5.56 Å². The van der Waals surface area contributed by atoms with Crippen LogP contribution in [0.4, 0.5) is 5.69 Å². The van der Waals surface area contributed by atoms with Crippen molar-refractivity contribution in [1.29, 1.82) is 0 Å². The van der Waals surface area contributed by atoms with E-state index in [-0.39, 0.29) is 0 Å². The molecule has 0 heterocycles. The van der Waals surface area contributed by atoms with Crippen molar-refractivity contribution in [3.8, 4) is 5.75 Å². The Morgan fingerprint density at radius 2 is 1.95 bits per heavy atom. The Labute approximate surface area is 124 Å². The number of ether oxygens (including phenoxy) is 1. The highest BCUT2D eigenvalue weighted by Gasteiger charge is 2.06. The predicted octanol–water partition coefficient (Wildman–Crippen LogP) is 3.56. The third kappa shape index (κ3) is 3.89. The molecule has 2 aromatic rings. The molecular formula is C16H19ClN2O. The summed E-state index contributed by atoms with van der Waals surface area (Å²) >= 11 is 6.00. The van der Waals surface area contributed by atoms with Gasteiger partial charge in [0.2, 0.25) is 0 Å². The Morgan fingerprint density at radius 1 is 1.15 bits per heavy atom. The Bertz CT molecular complexity index is 586. The monoisotopic (exact) mass is 290 g/mol. The highest BCUT2D eigenvalue weighted by Crippen LogP contribution is 2.21. The summed E-state index contributed by atoms with van der Waals surface area (Å²) in [6, 6.07) is 13.6. The van der Waals surface area contributed by atoms with E-state index in [4.69, 9.17) is 22.1 Å². The lowest BCUT2D eigenvalue weighted by atomic mass is 10.1. The molecule has 0 atom stereocenters. The van der Waals surface area contributed by atoms with Crippen molar-refractivity contribution in [3.63, 3.8) is 0 Å². The third-order valence-electron chi connectivity index (χ3n) is 3.13. The van der Waals surface area contributed by atoms with E-state index >= 15 is 0 Å². The summed E-state index contributed by atoms with van der Waals surface area (Å²) in [7, 11) is 3.71. The zero-order valence-electron chi connectivity index (χ0n) is 11.8. The maximum atomic E-state index is 6.01. The quantitative estimate of drug-likeness (QED) is 0.856. The second kappa shape index (κ2) is 6.64. The van der Waals surface area contributed by atoms with E-state index in [9.17, 15) is 0 Å². The minimum atomic E-state index is 0.759. The van der Waals surface area contributed by atoms with Crippen molar-refractivity contribution in [2.75, 3.05) is 19.9 Å². The molecule has 0 unspecified atom stereocenters. The summed E-state index contributed by atoms with van der Waals surface area (Å²) < 4.78 is 5.23. The molecule has 0 aliphatic heterocycles. The van der Waals surface area contributed by atoms with Crippen molar-refractivity contribution >= 4 is 17.3 Å². The first-order chi connectivity index (χ1) is 9.58. The minimum Gasteiger partial charge on any atom is -0.497 e. The van der Waals surface area contributed by atoms with E-state index < -0.39 is 0 Å². The van der Waals surface area contributed by atoms with Crippen molar-refractivity contribution < 1.29 is 4.74 Å². The van der Waals surface area contributed by atoms with Crippen LogP contribution in [0, 0.1) is 0 Å². The second-order valence-electron chi connectivity index (χ2n) is 4.87. The van der Waals surface area contributed by atoms with E-state index in [0.717, 1.165) is 35.1 Å². The lowest BCUT2D eigenvalue weighted by Crippen LogP contribution is -2.18. The third-order valence-corrected chi connectivity index (χ3v) is 3.37. The maximum absolute atomic E-state index is 6.01. The van der Waals surface area contributed by atoms with E-state index in [1.54, 1.807) is 7.11 Å². The number of hydrogen-bond acceptors (Lipinski definition) is 3. The SMILES string of the molecule is COc1ccc(N)c(CN(C)Cc2cccc(Cl)c2)c1. The first-order valence-electron chi connectivity index (χ1n) is 6.44. The Morgan fingerprint density at radius 3 is 2.65 bits per heavy atom. The largest absolute Gasteiger partial charge is 0.497 e. The highest BCUT2D eigenvalue weighted by molar-refractivity contribution is 6.30. The van der Waals surface area contributed by atoms with Crippen LogP contribution in [-0.2, 0) is 13.1 Å². The molecule has 0 saturated heterocycles. The van der Waals surface area contributed by atoms with Gasteiger partial charge >= 0.3 is 0 Å². The standard InChI is InChI=1S/C16H19ClN2O/c1-19(10-12-4-3-5-14(17)8-12)11-13-9-15(20-2)6-7-16(13)18/h3-9H,10-11,18H2,1-2H3. The van der Waals surface area contributed by atoms with Crippen molar-refractivity contribution in [1.82, 2.24) is 4.90 Å². The summed E-state index contributed by atoms with van der Waals surface area (Å²) in [5.41, 5.74) is 9.03. The number of methoxy groups -OCH3 is 1. The number of halogens is 1. The molecule has 2 rings (SSSR count). The molecule has 0 aliphatic rings. The molecule has 0 radical (unpaired) electrons. The van der Waals surface area contributed by atoms with Crippen LogP contribution in [0.25, 0.3) is 0 Å². The van der Waals surface area contributed by atoms with E-state index in [0.29, 0.717) is 0 Å². The number of nitrogen functional groups attached to an aromatic ring is 1. The Balaban J connectivity index is 2.06. The van der Waals surface area contributed by atoms with Gasteiger partial charge in [-0.15, -0.1) is 0 Å². The summed E-state index contributed by atoms with van der Waals surface area (Å²) in [5, 5.41) is 0.761. The summed E-state index contributed by atoms with van der Waals surface area (Å²) in [5.74, 6) is 0.824. The topological polar surface area (TPSA) is 38.5 Å². The smallest absolute Gasteiger partial charge is 0.119 e. The second-order valence-corrected chi connectivity index (χ2v) is 5.30. The van der Waals surface area contributed by atoms with Gasteiger partial charge in [-0.05, 0) is 48.5 Å². The van der Waals surface area contributed by atoms with Crippen LogP contribution < -0.4 is 10.5 Å². The number of anilines is 1. The van der Waals surface area contributed by atoms with Crippen molar-refractivity contribution in [2.45, 2.75) is 13.1 Å². The summed E-state index contributed by atoms with van der Waals surface area (Å²) in [4.78, 5) is 2.19. The highest BCUT2D eigenvalue weighted by atomic mass is 35.5. The molecule has 2 N–H and O–H groups in total. The van der Waals surface area contributed by atoms with Crippen LogP contribution in [0.1, 0.15) is 11.1 Å². The van der Waals surface area contributed by atoms with Crippen LogP contribution in [0.5, 0.6) is 5.75 Å². The molecule has 20 heavy (non-hydrogen) atoms. The molecule has 0 amide bonds. The number of nitrogens with two attached hydrogens (primary N) is 1. The fraction of sp³-hybridized carbons (Fsp3) is 0.250. The molecule has 4 heteroatoms. The van der Waals surface area contributed by atoms with Crippen molar-refractivity contribution in [3.05, 3.63) is 58.6 Å². The first kappa shape index (κ1) is 14.7. The van der Waals surface area contributed by atoms with E-state index in [2.05, 4.69) is 18.0 Å². The van der Waals surface area contributed by atoms with Crippen LogP contribution in [-0.4, -0.2) is 19.1 Å². The van der Waals surface area contributed by atoms with Gasteiger partial charge in [0.25, 0.3) is 0 Å². The van der Waals surface area contributed by atoms with Crippen molar-refractivity contribution in [2.24, 2.45) is 0 Å². The normalized spacial score (nSPS) is 10.8. The molecule has 106 valence electrons. The van der Waals surface area contributed by atoms with Gasteiger partial charge in [0, 0.05) is 23.8 Å². The molecule has 2 aromatic carbocycles. The number of rotatable bonds is 5. The zero-order chi connectivity index (χ0) is 14.5. The number of hydrogen-bond donors (Lipinski definition) is 1.